The zero-order valence-corrected chi connectivity index (χ0v) is 15.9. The van der Waals surface area contributed by atoms with E-state index in [1.165, 1.54) is 0 Å². The maximum Gasteiger partial charge on any atom is 0.139 e. The van der Waals surface area contributed by atoms with Crippen molar-refractivity contribution >= 4 is 22.1 Å². The molecule has 0 fully saturated rings. The lowest BCUT2D eigenvalue weighted by molar-refractivity contribution is 0.0404. The van der Waals surface area contributed by atoms with Gasteiger partial charge in [0.05, 0.1) is 26.4 Å². The number of halogens is 1. The molecule has 0 saturated heterocycles. The number of aromatic amines is 1. The Morgan fingerprint density at radius 1 is 0.931 bits per heavy atom. The largest absolute Gasteiger partial charge is 0.377 e. The number of rotatable bonds is 8. The number of alkyl halides is 1. The van der Waals surface area contributed by atoms with Gasteiger partial charge in [-0.2, -0.15) is 0 Å². The van der Waals surface area contributed by atoms with E-state index < -0.39 is 6.67 Å². The van der Waals surface area contributed by atoms with Crippen molar-refractivity contribution in [2.75, 3.05) is 33.1 Å². The van der Waals surface area contributed by atoms with E-state index in [2.05, 4.69) is 26.8 Å². The lowest BCUT2D eigenvalue weighted by atomic mass is 10.2. The molecule has 4 aromatic heterocycles. The summed E-state index contributed by atoms with van der Waals surface area (Å²) in [7, 11) is 0. The highest BCUT2D eigenvalue weighted by Gasteiger charge is 2.03. The molecule has 1 N–H and O–H groups in total. The predicted octanol–water partition coefficient (Wildman–Crippen LogP) is 3.32. The zero-order valence-electron chi connectivity index (χ0n) is 15.9. The van der Waals surface area contributed by atoms with Crippen molar-refractivity contribution in [3.8, 4) is 11.8 Å². The fraction of sp³-hybridized carbons (Fsp3) is 0.273. The van der Waals surface area contributed by atoms with Crippen molar-refractivity contribution < 1.29 is 13.9 Å². The van der Waals surface area contributed by atoms with Crippen LogP contribution in [0.25, 0.3) is 22.1 Å². The summed E-state index contributed by atoms with van der Waals surface area (Å²) in [6.07, 6.45) is 7.39. The first-order valence-corrected chi connectivity index (χ1v) is 9.45. The average Bonchev–Trinajstić information content (AvgIpc) is 3.37. The molecular formula is C22H21FN4O2. The molecule has 0 aliphatic heterocycles. The minimum absolute atomic E-state index is 0.123. The molecule has 4 aromatic rings. The van der Waals surface area contributed by atoms with E-state index in [1.54, 1.807) is 12.4 Å². The number of nitrogens with zero attached hydrogens (tertiary/aromatic N) is 3. The van der Waals surface area contributed by atoms with E-state index in [1.807, 2.05) is 41.2 Å². The molecule has 0 aliphatic rings. The van der Waals surface area contributed by atoms with Gasteiger partial charge in [-0.15, -0.1) is 0 Å². The van der Waals surface area contributed by atoms with Crippen LogP contribution < -0.4 is 0 Å². The zero-order chi connectivity index (χ0) is 19.9. The Hall–Kier alpha value is -3.21. The van der Waals surface area contributed by atoms with Crippen molar-refractivity contribution in [1.82, 2.24) is 19.5 Å². The molecule has 4 rings (SSSR count). The number of hydrogen-bond donors (Lipinski definition) is 1. The molecule has 29 heavy (non-hydrogen) atoms. The van der Waals surface area contributed by atoms with Crippen LogP contribution in [0.15, 0.2) is 49.1 Å². The van der Waals surface area contributed by atoms with Gasteiger partial charge in [0, 0.05) is 53.2 Å². The molecule has 148 valence electrons. The van der Waals surface area contributed by atoms with Gasteiger partial charge in [-0.25, -0.2) is 14.4 Å². The lowest BCUT2D eigenvalue weighted by Crippen LogP contribution is -2.10. The van der Waals surface area contributed by atoms with Crippen LogP contribution in [0.2, 0.25) is 0 Å². The molecule has 0 radical (unpaired) electrons. The van der Waals surface area contributed by atoms with Crippen LogP contribution in [0.4, 0.5) is 4.39 Å². The summed E-state index contributed by atoms with van der Waals surface area (Å²) in [5.41, 5.74) is 3.47. The van der Waals surface area contributed by atoms with Crippen LogP contribution in [0.3, 0.4) is 0 Å². The van der Waals surface area contributed by atoms with Gasteiger partial charge in [0.2, 0.25) is 0 Å². The molecule has 6 nitrogen and oxygen atoms in total. The van der Waals surface area contributed by atoms with Crippen LogP contribution in [-0.2, 0) is 16.0 Å². The fourth-order valence-corrected chi connectivity index (χ4v) is 3.02. The minimum Gasteiger partial charge on any atom is -0.377 e. The lowest BCUT2D eigenvalue weighted by Gasteiger charge is -2.06. The first kappa shape index (κ1) is 19.1. The van der Waals surface area contributed by atoms with Crippen molar-refractivity contribution in [2.45, 2.75) is 6.54 Å². The number of aromatic nitrogens is 4. The number of nitrogens with one attached hydrogen (secondary N) is 1. The van der Waals surface area contributed by atoms with E-state index >= 15 is 0 Å². The molecule has 0 spiro atoms. The van der Waals surface area contributed by atoms with Crippen molar-refractivity contribution in [3.63, 3.8) is 0 Å². The monoisotopic (exact) mass is 392 g/mol. The number of hydrogen-bond acceptors (Lipinski definition) is 4. The smallest absolute Gasteiger partial charge is 0.139 e. The van der Waals surface area contributed by atoms with Crippen LogP contribution in [0.5, 0.6) is 0 Å². The van der Waals surface area contributed by atoms with Crippen LogP contribution in [-0.4, -0.2) is 52.6 Å². The SMILES string of the molecule is FCCOCCOCCn1ccc2cc(C#Cc3cnc4[nH]ccc4c3)cnc21. The third-order valence-electron chi connectivity index (χ3n) is 4.42. The number of pyridine rings is 2. The highest BCUT2D eigenvalue weighted by Crippen LogP contribution is 2.15. The molecule has 0 saturated carbocycles. The molecule has 7 heteroatoms. The second-order valence-electron chi connectivity index (χ2n) is 6.45. The fourth-order valence-electron chi connectivity index (χ4n) is 3.02. The molecule has 0 aromatic carbocycles. The van der Waals surface area contributed by atoms with Gasteiger partial charge in [-0.05, 0) is 24.3 Å². The highest BCUT2D eigenvalue weighted by atomic mass is 19.1. The number of H-pyrrole nitrogens is 1. The first-order chi connectivity index (χ1) is 14.3. The summed E-state index contributed by atoms with van der Waals surface area (Å²) in [6.45, 7) is 1.75. The quantitative estimate of drug-likeness (QED) is 0.369. The van der Waals surface area contributed by atoms with E-state index in [9.17, 15) is 4.39 Å². The highest BCUT2D eigenvalue weighted by molar-refractivity contribution is 5.78. The summed E-state index contributed by atoms with van der Waals surface area (Å²) >= 11 is 0. The van der Waals surface area contributed by atoms with Crippen LogP contribution >= 0.6 is 0 Å². The standard InChI is InChI=1S/C22H21FN4O2/c23-5-9-28-11-12-29-10-8-27-7-4-20-14-18(16-26-22(20)27)2-1-17-13-19-3-6-24-21(19)25-15-17/h3-4,6-7,13-16H,5,8-12H2,(H,24,25). The Bertz CT molecular complexity index is 1160. The van der Waals surface area contributed by atoms with Gasteiger partial charge < -0.3 is 19.0 Å². The number of fused-ring (bicyclic) bond motifs is 2. The summed E-state index contributed by atoms with van der Waals surface area (Å²) in [4.78, 5) is 12.0. The summed E-state index contributed by atoms with van der Waals surface area (Å²) in [6, 6.07) is 8.03. The van der Waals surface area contributed by atoms with Crippen molar-refractivity contribution in [1.29, 1.82) is 0 Å². The Kier molecular flexibility index (Phi) is 6.15. The second-order valence-corrected chi connectivity index (χ2v) is 6.45. The second kappa shape index (κ2) is 9.32. The third kappa shape index (κ3) is 4.80. The Morgan fingerprint density at radius 2 is 1.69 bits per heavy atom. The Labute approximate surface area is 167 Å². The molecule has 0 unspecified atom stereocenters. The summed E-state index contributed by atoms with van der Waals surface area (Å²) in [5.74, 6) is 6.31. The number of ether oxygens (including phenoxy) is 2. The van der Waals surface area contributed by atoms with Crippen LogP contribution in [0, 0.1) is 11.8 Å². The van der Waals surface area contributed by atoms with E-state index in [4.69, 9.17) is 9.47 Å². The summed E-state index contributed by atoms with van der Waals surface area (Å²) < 4.78 is 24.5. The average molecular weight is 392 g/mol. The van der Waals surface area contributed by atoms with Gasteiger partial charge in [0.25, 0.3) is 0 Å². The minimum atomic E-state index is -0.466. The van der Waals surface area contributed by atoms with Gasteiger partial charge >= 0.3 is 0 Å². The maximum atomic E-state index is 11.9. The molecule has 0 atom stereocenters. The Balaban J connectivity index is 1.38. The molecule has 0 aliphatic carbocycles. The first-order valence-electron chi connectivity index (χ1n) is 9.45. The Morgan fingerprint density at radius 3 is 2.52 bits per heavy atom. The van der Waals surface area contributed by atoms with Crippen molar-refractivity contribution in [3.05, 3.63) is 60.2 Å². The normalized spacial score (nSPS) is 11.1. The maximum absolute atomic E-state index is 11.9. The predicted molar refractivity (Wildman–Crippen MR) is 109 cm³/mol. The van der Waals surface area contributed by atoms with Gasteiger partial charge in [0.1, 0.15) is 18.0 Å². The molecular weight excluding hydrogens is 371 g/mol. The van der Waals surface area contributed by atoms with E-state index in [0.29, 0.717) is 26.4 Å². The molecule has 4 heterocycles. The van der Waals surface area contributed by atoms with Gasteiger partial charge in [-0.3, -0.25) is 0 Å². The topological polar surface area (TPSA) is 65.0 Å². The van der Waals surface area contributed by atoms with Crippen LogP contribution in [0.1, 0.15) is 11.1 Å². The van der Waals surface area contributed by atoms with E-state index in [0.717, 1.165) is 33.2 Å². The van der Waals surface area contributed by atoms with Gasteiger partial charge in [-0.1, -0.05) is 11.8 Å². The van der Waals surface area contributed by atoms with Gasteiger partial charge in [0.15, 0.2) is 0 Å². The summed E-state index contributed by atoms with van der Waals surface area (Å²) in [5, 5.41) is 2.07. The molecule has 0 bridgehead atoms. The van der Waals surface area contributed by atoms with Crippen molar-refractivity contribution in [2.24, 2.45) is 0 Å². The molecule has 0 amide bonds. The third-order valence-corrected chi connectivity index (χ3v) is 4.42. The van der Waals surface area contributed by atoms with E-state index in [-0.39, 0.29) is 6.61 Å².